The second-order valence-electron chi connectivity index (χ2n) is 6.94. The third-order valence-corrected chi connectivity index (χ3v) is 5.92. The van der Waals surface area contributed by atoms with Gasteiger partial charge in [-0.25, -0.2) is 4.79 Å². The maximum absolute atomic E-state index is 12.4. The monoisotopic (exact) mass is 375 g/mol. The van der Waals surface area contributed by atoms with Crippen molar-refractivity contribution >= 4 is 29.0 Å². The quantitative estimate of drug-likeness (QED) is 0.525. The number of benzene rings is 1. The second kappa shape index (κ2) is 8.14. The molecule has 2 aliphatic carbocycles. The van der Waals surface area contributed by atoms with Gasteiger partial charge in [-0.05, 0) is 66.4 Å². The molecule has 0 aromatic heterocycles. The van der Waals surface area contributed by atoms with Gasteiger partial charge in [0.15, 0.2) is 5.75 Å². The Morgan fingerprint density at radius 3 is 2.35 bits per heavy atom. The molecule has 1 unspecified atom stereocenters. The highest BCUT2D eigenvalue weighted by molar-refractivity contribution is 7.90. The van der Waals surface area contributed by atoms with E-state index in [1.165, 1.54) is 29.2 Å². The lowest BCUT2D eigenvalue weighted by Crippen LogP contribution is -2.37. The first-order valence-electron chi connectivity index (χ1n) is 8.97. The Morgan fingerprint density at radius 1 is 1.15 bits per heavy atom. The van der Waals surface area contributed by atoms with Crippen LogP contribution in [0.3, 0.4) is 0 Å². The van der Waals surface area contributed by atoms with Gasteiger partial charge in [-0.2, -0.15) is 4.72 Å². The summed E-state index contributed by atoms with van der Waals surface area (Å²) in [5.74, 6) is -0.0620. The van der Waals surface area contributed by atoms with Crippen LogP contribution in [0, 0.1) is 0 Å². The predicted octanol–water partition coefficient (Wildman–Crippen LogP) is 2.14. The molecule has 0 heterocycles. The van der Waals surface area contributed by atoms with Crippen LogP contribution in [0.2, 0.25) is 0 Å². The number of aryl methyl sites for hydroxylation is 2. The van der Waals surface area contributed by atoms with Crippen LogP contribution in [0.4, 0.5) is 10.5 Å². The Balaban J connectivity index is 1.61. The zero-order valence-electron chi connectivity index (χ0n) is 15.1. The first-order valence-corrected chi connectivity index (χ1v) is 10.3. The van der Waals surface area contributed by atoms with Crippen molar-refractivity contribution in [2.24, 2.45) is 0 Å². The molecule has 1 atom stereocenters. The summed E-state index contributed by atoms with van der Waals surface area (Å²) in [5, 5.41) is 5.55. The van der Waals surface area contributed by atoms with Crippen molar-refractivity contribution in [1.82, 2.24) is 10.0 Å². The lowest BCUT2D eigenvalue weighted by Gasteiger charge is -2.17. The van der Waals surface area contributed by atoms with E-state index in [0.29, 0.717) is 5.57 Å². The molecular formula is C19H25N3O3S. The van der Waals surface area contributed by atoms with Crippen molar-refractivity contribution in [1.29, 1.82) is 0 Å². The van der Waals surface area contributed by atoms with Gasteiger partial charge in [-0.15, -0.1) is 0 Å². The number of amides is 3. The van der Waals surface area contributed by atoms with Gasteiger partial charge in [0, 0.05) is 19.2 Å². The highest BCUT2D eigenvalue weighted by Crippen LogP contribution is 2.38. The third kappa shape index (κ3) is 4.40. The summed E-state index contributed by atoms with van der Waals surface area (Å²) in [6, 6.07) is 1.85. The van der Waals surface area contributed by atoms with Gasteiger partial charge in [0.2, 0.25) is 5.91 Å². The molecule has 0 radical (unpaired) electrons. The average Bonchev–Trinajstić information content (AvgIpc) is 3.21. The van der Waals surface area contributed by atoms with E-state index in [4.69, 9.17) is 0 Å². The van der Waals surface area contributed by atoms with Gasteiger partial charge >= 0.3 is 6.03 Å². The van der Waals surface area contributed by atoms with Crippen molar-refractivity contribution in [2.75, 3.05) is 17.6 Å². The van der Waals surface area contributed by atoms with Crippen molar-refractivity contribution in [3.8, 4) is 0 Å². The Hall–Kier alpha value is -1.99. The van der Waals surface area contributed by atoms with E-state index >= 15 is 0 Å². The molecule has 6 nitrogen and oxygen atoms in total. The van der Waals surface area contributed by atoms with Crippen molar-refractivity contribution < 1.29 is 14.1 Å². The molecular weight excluding hydrogens is 350 g/mol. The average molecular weight is 375 g/mol. The maximum atomic E-state index is 12.4. The molecule has 0 aliphatic heterocycles. The molecule has 0 fully saturated rings. The summed E-state index contributed by atoms with van der Waals surface area (Å²) < 4.78 is 14.6. The Morgan fingerprint density at radius 2 is 1.77 bits per heavy atom. The normalized spacial score (nSPS) is 15.8. The van der Waals surface area contributed by atoms with Gasteiger partial charge < -0.3 is 15.2 Å². The number of nitrogens with one attached hydrogen (secondary N) is 3. The lowest BCUT2D eigenvalue weighted by atomic mass is 9.99. The minimum Gasteiger partial charge on any atom is -0.593 e. The molecule has 140 valence electrons. The van der Waals surface area contributed by atoms with Gasteiger partial charge in [0.25, 0.3) is 0 Å². The number of carbonyl (C=O) groups is 2. The number of rotatable bonds is 6. The molecule has 0 saturated carbocycles. The molecule has 3 rings (SSSR count). The van der Waals surface area contributed by atoms with Crippen LogP contribution >= 0.6 is 0 Å². The Labute approximate surface area is 157 Å². The van der Waals surface area contributed by atoms with Gasteiger partial charge in [0.05, 0.1) is 11.4 Å². The first kappa shape index (κ1) is 18.8. The Bertz CT molecular complexity index is 716. The van der Waals surface area contributed by atoms with E-state index in [1.54, 1.807) is 0 Å². The van der Waals surface area contributed by atoms with Crippen molar-refractivity contribution in [2.45, 2.75) is 45.4 Å². The minimum atomic E-state index is -1.58. The second-order valence-corrected chi connectivity index (χ2v) is 8.12. The van der Waals surface area contributed by atoms with E-state index in [9.17, 15) is 14.1 Å². The predicted molar refractivity (Wildman–Crippen MR) is 103 cm³/mol. The molecule has 1 aromatic rings. The summed E-state index contributed by atoms with van der Waals surface area (Å²) in [6.07, 6.45) is 6.32. The molecule has 26 heavy (non-hydrogen) atoms. The summed E-state index contributed by atoms with van der Waals surface area (Å²) in [5.41, 5.74) is 6.68. The number of fused-ring (bicyclic) bond motifs is 2. The van der Waals surface area contributed by atoms with E-state index in [2.05, 4.69) is 28.0 Å². The van der Waals surface area contributed by atoms with E-state index in [0.717, 1.165) is 44.2 Å². The molecule has 3 amide bonds. The van der Waals surface area contributed by atoms with Crippen LogP contribution in [0.25, 0.3) is 0 Å². The SMILES string of the molecule is C=C(CNC(C)=O)C[S+]([O-])NC(=O)Nc1c2c(cc3c1CCC3)CCC2. The van der Waals surface area contributed by atoms with Crippen LogP contribution < -0.4 is 15.4 Å². The summed E-state index contributed by atoms with van der Waals surface area (Å²) >= 11 is -1.58. The largest absolute Gasteiger partial charge is 0.593 e. The fraction of sp³-hybridized carbons (Fsp3) is 0.474. The summed E-state index contributed by atoms with van der Waals surface area (Å²) in [7, 11) is 0. The highest BCUT2D eigenvalue weighted by atomic mass is 32.2. The van der Waals surface area contributed by atoms with Crippen LogP contribution in [0.1, 0.15) is 42.0 Å². The third-order valence-electron chi connectivity index (χ3n) is 4.84. The lowest BCUT2D eigenvalue weighted by molar-refractivity contribution is -0.118. The smallest absolute Gasteiger partial charge is 0.360 e. The zero-order valence-corrected chi connectivity index (χ0v) is 15.9. The molecule has 2 aliphatic rings. The maximum Gasteiger partial charge on any atom is 0.360 e. The number of anilines is 1. The van der Waals surface area contributed by atoms with Crippen LogP contribution in [0.5, 0.6) is 0 Å². The van der Waals surface area contributed by atoms with Crippen LogP contribution in [-0.2, 0) is 41.8 Å². The van der Waals surface area contributed by atoms with E-state index < -0.39 is 17.4 Å². The van der Waals surface area contributed by atoms with Gasteiger partial charge in [-0.1, -0.05) is 12.6 Å². The fourth-order valence-electron chi connectivity index (χ4n) is 3.73. The first-order chi connectivity index (χ1) is 12.4. The number of urea groups is 1. The van der Waals surface area contributed by atoms with Crippen molar-refractivity contribution in [3.63, 3.8) is 0 Å². The molecule has 0 spiro atoms. The van der Waals surface area contributed by atoms with E-state index in [1.807, 2.05) is 0 Å². The number of hydrogen-bond donors (Lipinski definition) is 3. The van der Waals surface area contributed by atoms with Gasteiger partial charge in [0.1, 0.15) is 0 Å². The van der Waals surface area contributed by atoms with E-state index in [-0.39, 0.29) is 18.2 Å². The molecule has 7 heteroatoms. The summed E-state index contributed by atoms with van der Waals surface area (Å²) in [4.78, 5) is 23.2. The molecule has 0 bridgehead atoms. The Kier molecular flexibility index (Phi) is 5.88. The van der Waals surface area contributed by atoms with Gasteiger partial charge in [-0.3, -0.25) is 4.79 Å². The zero-order chi connectivity index (χ0) is 18.7. The molecule has 1 aromatic carbocycles. The topological polar surface area (TPSA) is 93.3 Å². The minimum absolute atomic E-state index is 0.110. The van der Waals surface area contributed by atoms with Crippen molar-refractivity contribution in [3.05, 3.63) is 40.5 Å². The van der Waals surface area contributed by atoms with Crippen LogP contribution in [-0.4, -0.2) is 28.8 Å². The summed E-state index contributed by atoms with van der Waals surface area (Å²) in [6.45, 7) is 5.44. The van der Waals surface area contributed by atoms with Crippen LogP contribution in [0.15, 0.2) is 18.2 Å². The highest BCUT2D eigenvalue weighted by Gasteiger charge is 2.25. The number of carbonyl (C=O) groups excluding carboxylic acids is 2. The number of hydrogen-bond acceptors (Lipinski definition) is 3. The standard InChI is InChI=1S/C19H25N3O3S/c1-12(10-20-13(2)23)11-26(25)22-19(24)21-18-16-7-3-5-14(16)9-15-6-4-8-17(15)18/h9H,1,3-8,10-11H2,2H3,(H,20,23)(H2,21,22,24). The molecule has 0 saturated heterocycles. The molecule has 3 N–H and O–H groups in total. The fourth-order valence-corrected chi connectivity index (χ4v) is 4.53.